The molecule has 0 spiro atoms. The summed E-state index contributed by atoms with van der Waals surface area (Å²) in [5.74, 6) is -1.61. The van der Waals surface area contributed by atoms with Crippen LogP contribution in [0.4, 0.5) is 5.69 Å². The summed E-state index contributed by atoms with van der Waals surface area (Å²) in [6.45, 7) is 1.55. The number of carboxylic acid groups (broad SMARTS) is 2. The smallest absolute Gasteiger partial charge is 0.331 e. The zero-order valence-electron chi connectivity index (χ0n) is 13.0. The van der Waals surface area contributed by atoms with Crippen molar-refractivity contribution in [1.29, 1.82) is 0 Å². The highest BCUT2D eigenvalue weighted by atomic mass is 16.5. The van der Waals surface area contributed by atoms with E-state index in [1.165, 1.54) is 13.2 Å². The Morgan fingerprint density at radius 1 is 1.30 bits per heavy atom. The third-order valence-electron chi connectivity index (χ3n) is 4.18. The maximum absolute atomic E-state index is 11.7. The van der Waals surface area contributed by atoms with Crippen LogP contribution in [0.5, 0.6) is 5.75 Å². The van der Waals surface area contributed by atoms with Crippen molar-refractivity contribution in [2.75, 3.05) is 12.8 Å². The van der Waals surface area contributed by atoms with Gasteiger partial charge in [0.2, 0.25) is 0 Å². The number of ether oxygens (including phenoxy) is 1. The topological polar surface area (TPSA) is 110 Å². The van der Waals surface area contributed by atoms with Crippen LogP contribution in [-0.2, 0) is 16.0 Å². The summed E-state index contributed by atoms with van der Waals surface area (Å²) in [5, 5.41) is 18.7. The number of nitrogens with two attached hydrogens (primary N) is 1. The summed E-state index contributed by atoms with van der Waals surface area (Å²) < 4.78 is 5.17. The summed E-state index contributed by atoms with van der Waals surface area (Å²) in [6.07, 6.45) is 3.39. The van der Waals surface area contributed by atoms with E-state index in [0.717, 1.165) is 5.56 Å². The molecule has 0 saturated carbocycles. The van der Waals surface area contributed by atoms with Gasteiger partial charge in [-0.15, -0.1) is 0 Å². The molecule has 1 aromatic rings. The van der Waals surface area contributed by atoms with Crippen LogP contribution in [0.3, 0.4) is 0 Å². The zero-order valence-corrected chi connectivity index (χ0v) is 13.0. The number of anilines is 1. The predicted molar refractivity (Wildman–Crippen MR) is 85.3 cm³/mol. The van der Waals surface area contributed by atoms with E-state index in [-0.39, 0.29) is 12.0 Å². The molecule has 6 heteroatoms. The molecule has 1 aliphatic rings. The Bertz CT molecular complexity index is 720. The molecule has 0 aromatic heterocycles. The van der Waals surface area contributed by atoms with Crippen LogP contribution >= 0.6 is 0 Å². The molecule has 1 unspecified atom stereocenters. The number of nitrogen functional groups attached to an aromatic ring is 1. The number of allylic oxidation sites excluding steroid dienone is 2. The summed E-state index contributed by atoms with van der Waals surface area (Å²) in [7, 11) is 1.51. The van der Waals surface area contributed by atoms with Crippen LogP contribution in [0.25, 0.3) is 0 Å². The van der Waals surface area contributed by atoms with Crippen molar-refractivity contribution in [2.45, 2.75) is 19.8 Å². The number of rotatable bonds is 5. The monoisotopic (exact) mass is 317 g/mol. The van der Waals surface area contributed by atoms with Crippen LogP contribution < -0.4 is 10.5 Å². The third-order valence-corrected chi connectivity index (χ3v) is 4.18. The van der Waals surface area contributed by atoms with Crippen molar-refractivity contribution in [3.8, 4) is 5.75 Å². The van der Waals surface area contributed by atoms with Gasteiger partial charge < -0.3 is 20.7 Å². The molecule has 1 atom stereocenters. The fraction of sp³-hybridized carbons (Fsp3) is 0.294. The lowest BCUT2D eigenvalue weighted by molar-refractivity contribution is -0.146. The first-order valence-electron chi connectivity index (χ1n) is 7.07. The molecule has 0 saturated heterocycles. The normalized spacial score (nSPS) is 20.4. The van der Waals surface area contributed by atoms with Gasteiger partial charge in [-0.1, -0.05) is 18.2 Å². The highest BCUT2D eigenvalue weighted by molar-refractivity contribution is 5.90. The molecule has 0 radical (unpaired) electrons. The molecule has 0 amide bonds. The van der Waals surface area contributed by atoms with Crippen molar-refractivity contribution in [2.24, 2.45) is 5.41 Å². The van der Waals surface area contributed by atoms with Crippen molar-refractivity contribution < 1.29 is 24.5 Å². The van der Waals surface area contributed by atoms with Crippen LogP contribution in [0, 0.1) is 5.41 Å². The van der Waals surface area contributed by atoms with Crippen molar-refractivity contribution in [3.63, 3.8) is 0 Å². The number of aliphatic carboxylic acids is 2. The number of carboxylic acids is 2. The highest BCUT2D eigenvalue weighted by Gasteiger charge is 2.40. The molecule has 0 aliphatic heterocycles. The molecular weight excluding hydrogens is 298 g/mol. The lowest BCUT2D eigenvalue weighted by Crippen LogP contribution is -2.34. The van der Waals surface area contributed by atoms with Gasteiger partial charge in [-0.3, -0.25) is 4.79 Å². The van der Waals surface area contributed by atoms with E-state index in [9.17, 15) is 14.7 Å². The van der Waals surface area contributed by atoms with E-state index >= 15 is 0 Å². The molecule has 4 N–H and O–H groups in total. The molecule has 2 rings (SSSR count). The first kappa shape index (κ1) is 16.6. The number of hydrogen-bond acceptors (Lipinski definition) is 4. The van der Waals surface area contributed by atoms with Crippen molar-refractivity contribution in [1.82, 2.24) is 0 Å². The van der Waals surface area contributed by atoms with Crippen LogP contribution in [-0.4, -0.2) is 29.3 Å². The summed E-state index contributed by atoms with van der Waals surface area (Å²) in [6, 6.07) is 5.26. The Labute approximate surface area is 133 Å². The summed E-state index contributed by atoms with van der Waals surface area (Å²) in [5.41, 5.74) is 6.61. The maximum Gasteiger partial charge on any atom is 0.331 e. The van der Waals surface area contributed by atoms with E-state index in [2.05, 4.69) is 0 Å². The molecule has 6 nitrogen and oxygen atoms in total. The fourth-order valence-corrected chi connectivity index (χ4v) is 2.64. The first-order valence-corrected chi connectivity index (χ1v) is 7.07. The van der Waals surface area contributed by atoms with E-state index in [4.69, 9.17) is 15.6 Å². The molecule has 122 valence electrons. The van der Waals surface area contributed by atoms with Crippen LogP contribution in [0.2, 0.25) is 0 Å². The Morgan fingerprint density at radius 3 is 2.57 bits per heavy atom. The zero-order chi connectivity index (χ0) is 17.2. The second-order valence-electron chi connectivity index (χ2n) is 5.76. The number of hydrogen-bond donors (Lipinski definition) is 3. The largest absolute Gasteiger partial charge is 0.495 e. The Kier molecular flexibility index (Phi) is 4.45. The number of benzene rings is 1. The lowest BCUT2D eigenvalue weighted by Gasteiger charge is -2.31. The standard InChI is InChI=1S/C17H19NO5/c1-17(16(21)22)9-11(15(19)20)4-5-12(17)7-10-3-6-13(18)14(8-10)23-2/h3-6,8H,7,9,18H2,1-2H3,(H,19,20)(H,21,22). The SMILES string of the molecule is COc1cc(CC2=CC=C(C(=O)O)CC2(C)C(=O)O)ccc1N. The predicted octanol–water partition coefficient (Wildman–Crippen LogP) is 2.25. The van der Waals surface area contributed by atoms with Gasteiger partial charge in [-0.25, -0.2) is 4.79 Å². The van der Waals surface area contributed by atoms with Crippen molar-refractivity contribution in [3.05, 3.63) is 47.1 Å². The molecule has 0 heterocycles. The minimum atomic E-state index is -1.25. The minimum Gasteiger partial charge on any atom is -0.495 e. The van der Waals surface area contributed by atoms with Crippen LogP contribution in [0.15, 0.2) is 41.5 Å². The second kappa shape index (κ2) is 6.16. The van der Waals surface area contributed by atoms with Crippen LogP contribution in [0.1, 0.15) is 18.9 Å². The van der Waals surface area contributed by atoms with E-state index in [1.54, 1.807) is 31.2 Å². The van der Waals surface area contributed by atoms with Gasteiger partial charge >= 0.3 is 11.9 Å². The van der Waals surface area contributed by atoms with E-state index < -0.39 is 17.4 Å². The molecule has 1 aromatic carbocycles. The maximum atomic E-state index is 11.7. The van der Waals surface area contributed by atoms with E-state index in [1.807, 2.05) is 0 Å². The quantitative estimate of drug-likeness (QED) is 0.719. The number of methoxy groups -OCH3 is 1. The van der Waals surface area contributed by atoms with Gasteiger partial charge in [0.05, 0.1) is 18.2 Å². The Morgan fingerprint density at radius 2 is 2.00 bits per heavy atom. The third kappa shape index (κ3) is 3.21. The lowest BCUT2D eigenvalue weighted by atomic mass is 9.71. The first-order chi connectivity index (χ1) is 10.8. The average Bonchev–Trinajstić information content (AvgIpc) is 2.50. The second-order valence-corrected chi connectivity index (χ2v) is 5.76. The summed E-state index contributed by atoms with van der Waals surface area (Å²) >= 11 is 0. The summed E-state index contributed by atoms with van der Waals surface area (Å²) in [4.78, 5) is 22.8. The van der Waals surface area contributed by atoms with Gasteiger partial charge in [0.15, 0.2) is 0 Å². The molecule has 0 fully saturated rings. The molecule has 1 aliphatic carbocycles. The molecule has 0 bridgehead atoms. The Hall–Kier alpha value is -2.76. The minimum absolute atomic E-state index is 0.0460. The number of carbonyl (C=O) groups is 2. The van der Waals surface area contributed by atoms with Gasteiger partial charge in [0.1, 0.15) is 5.75 Å². The fourth-order valence-electron chi connectivity index (χ4n) is 2.64. The van der Waals surface area contributed by atoms with Gasteiger partial charge in [0.25, 0.3) is 0 Å². The molecule has 23 heavy (non-hydrogen) atoms. The van der Waals surface area contributed by atoms with Crippen molar-refractivity contribution >= 4 is 17.6 Å². The van der Waals surface area contributed by atoms with Gasteiger partial charge in [-0.2, -0.15) is 0 Å². The van der Waals surface area contributed by atoms with Gasteiger partial charge in [-0.05, 0) is 43.0 Å². The Balaban J connectivity index is 2.39. The highest BCUT2D eigenvalue weighted by Crippen LogP contribution is 2.40. The van der Waals surface area contributed by atoms with E-state index in [0.29, 0.717) is 23.4 Å². The molecular formula is C17H19NO5. The average molecular weight is 317 g/mol. The van der Waals surface area contributed by atoms with Gasteiger partial charge in [0, 0.05) is 5.57 Å².